The zero-order valence-corrected chi connectivity index (χ0v) is 26.8. The summed E-state index contributed by atoms with van der Waals surface area (Å²) >= 11 is 0. The number of hydrogen-bond donors (Lipinski definition) is 1. The molecule has 0 spiro atoms. The highest BCUT2D eigenvalue weighted by Crippen LogP contribution is 2.25. The fraction of sp³-hybridized carbons (Fsp3) is 0.343. The van der Waals surface area contributed by atoms with Crippen molar-refractivity contribution in [3.8, 4) is 11.7 Å². The Kier molecular flexibility index (Phi) is 12.4. The van der Waals surface area contributed by atoms with Crippen molar-refractivity contribution in [2.75, 3.05) is 7.11 Å². The predicted molar refractivity (Wildman–Crippen MR) is 178 cm³/mol. The molecule has 2 aromatic rings. The molecule has 232 valence electrons. The number of unbranched alkanes of at least 4 members (excludes halogenated alkanes) is 1. The Morgan fingerprint density at radius 2 is 1.89 bits per heavy atom. The van der Waals surface area contributed by atoms with Crippen molar-refractivity contribution in [1.82, 2.24) is 25.0 Å². The average molecular weight is 597 g/mol. The number of hydrogen-bond acceptors (Lipinski definition) is 8. The van der Waals surface area contributed by atoms with Crippen molar-refractivity contribution in [2.24, 2.45) is 4.99 Å². The van der Waals surface area contributed by atoms with Crippen molar-refractivity contribution >= 4 is 5.84 Å². The molecule has 1 aliphatic heterocycles. The van der Waals surface area contributed by atoms with E-state index in [4.69, 9.17) is 14.6 Å². The molecule has 9 heteroatoms. The maximum atomic E-state index is 14.2. The maximum Gasteiger partial charge on any atom is 0.264 e. The fourth-order valence-corrected chi connectivity index (χ4v) is 4.67. The molecule has 0 saturated heterocycles. The van der Waals surface area contributed by atoms with E-state index in [1.54, 1.807) is 31.7 Å². The number of aliphatic imine (C=N–C) groups is 1. The van der Waals surface area contributed by atoms with Crippen LogP contribution in [0.4, 0.5) is 0 Å². The van der Waals surface area contributed by atoms with Crippen molar-refractivity contribution in [1.29, 1.82) is 0 Å². The van der Waals surface area contributed by atoms with Gasteiger partial charge in [-0.25, -0.2) is 25.0 Å². The molecular formula is C35H44N6O3. The van der Waals surface area contributed by atoms with E-state index in [2.05, 4.69) is 60.1 Å². The Balaban J connectivity index is 2.12. The fourth-order valence-electron chi connectivity index (χ4n) is 4.67. The van der Waals surface area contributed by atoms with Gasteiger partial charge in [-0.05, 0) is 49.5 Å². The third-order valence-electron chi connectivity index (χ3n) is 6.98. The highest BCUT2D eigenvalue weighted by atomic mass is 16.7. The number of hydroxylamine groups is 1. The van der Waals surface area contributed by atoms with E-state index < -0.39 is 0 Å². The van der Waals surface area contributed by atoms with Crippen LogP contribution in [0, 0.1) is 0 Å². The molecule has 0 bridgehead atoms. The second-order valence-electron chi connectivity index (χ2n) is 10.6. The van der Waals surface area contributed by atoms with Gasteiger partial charge in [0.25, 0.3) is 5.56 Å². The average Bonchev–Trinajstić information content (AvgIpc) is 3.46. The van der Waals surface area contributed by atoms with E-state index in [0.717, 1.165) is 47.2 Å². The second kappa shape index (κ2) is 16.2. The van der Waals surface area contributed by atoms with E-state index >= 15 is 0 Å². The number of ether oxygens (including phenoxy) is 1. The zero-order chi connectivity index (χ0) is 32.2. The monoisotopic (exact) mass is 596 g/mol. The van der Waals surface area contributed by atoms with Crippen LogP contribution in [-0.2, 0) is 17.7 Å². The number of nitrogens with one attached hydrogen (secondary N) is 1. The first-order valence-corrected chi connectivity index (χ1v) is 14.9. The van der Waals surface area contributed by atoms with Gasteiger partial charge in [-0.2, -0.15) is 4.99 Å². The van der Waals surface area contributed by atoms with E-state index in [1.165, 1.54) is 4.57 Å². The van der Waals surface area contributed by atoms with Gasteiger partial charge in [0.1, 0.15) is 5.82 Å². The van der Waals surface area contributed by atoms with Crippen LogP contribution in [0.25, 0.3) is 5.95 Å². The second-order valence-corrected chi connectivity index (χ2v) is 10.6. The standard InChI is InChI=1S/C35H44N6O3/c1-10-14-17-31-30(34(42)41(33(39-31)23(5)6)35-36-21-27(43-9)22-37-35)20-26(13-4)19-18-24(7)28(15-11-2)29(16-12-3)32-38-25(8)44-40-32/h11,13,15-16,18-19,21-23H,2,4,8,10,12,14,17,20H2,1,3,5-7,9H3,(H,38,40)/b24-18+,26-19+,28-15-,29-16+. The van der Waals surface area contributed by atoms with Gasteiger partial charge >= 0.3 is 0 Å². The molecule has 0 fully saturated rings. The summed E-state index contributed by atoms with van der Waals surface area (Å²) in [5, 5.41) is 0. The summed E-state index contributed by atoms with van der Waals surface area (Å²) in [7, 11) is 1.55. The lowest BCUT2D eigenvalue weighted by Crippen LogP contribution is -2.31. The van der Waals surface area contributed by atoms with E-state index in [1.807, 2.05) is 39.0 Å². The number of allylic oxidation sites excluding steroid dienone is 8. The molecule has 0 amide bonds. The Labute approximate surface area is 260 Å². The molecule has 3 rings (SSSR count). The summed E-state index contributed by atoms with van der Waals surface area (Å²) in [5.74, 6) is 2.26. The van der Waals surface area contributed by atoms with Crippen molar-refractivity contribution in [3.63, 3.8) is 0 Å². The van der Waals surface area contributed by atoms with Crippen LogP contribution in [0.2, 0.25) is 0 Å². The molecule has 3 heterocycles. The Bertz CT molecular complexity index is 1590. The summed E-state index contributed by atoms with van der Waals surface area (Å²) < 4.78 is 6.74. The maximum absolute atomic E-state index is 14.2. The van der Waals surface area contributed by atoms with Gasteiger partial charge in [0.15, 0.2) is 11.6 Å². The van der Waals surface area contributed by atoms with E-state index in [-0.39, 0.29) is 17.4 Å². The molecule has 0 atom stereocenters. The summed E-state index contributed by atoms with van der Waals surface area (Å²) in [4.78, 5) is 37.7. The van der Waals surface area contributed by atoms with Crippen LogP contribution in [0.1, 0.15) is 76.9 Å². The van der Waals surface area contributed by atoms with Gasteiger partial charge in [-0.3, -0.25) is 4.79 Å². The van der Waals surface area contributed by atoms with Gasteiger partial charge in [-0.15, -0.1) is 0 Å². The molecule has 0 radical (unpaired) electrons. The lowest BCUT2D eigenvalue weighted by atomic mass is 9.95. The smallest absolute Gasteiger partial charge is 0.264 e. The molecule has 0 aromatic carbocycles. The molecule has 9 nitrogen and oxygen atoms in total. The lowest BCUT2D eigenvalue weighted by molar-refractivity contribution is 0.179. The van der Waals surface area contributed by atoms with Crippen LogP contribution >= 0.6 is 0 Å². The molecular weight excluding hydrogens is 552 g/mol. The van der Waals surface area contributed by atoms with Crippen molar-refractivity contribution in [3.05, 3.63) is 124 Å². The summed E-state index contributed by atoms with van der Waals surface area (Å²) in [5.41, 5.74) is 7.71. The molecule has 1 aliphatic rings. The third kappa shape index (κ3) is 8.18. The molecule has 44 heavy (non-hydrogen) atoms. The first-order chi connectivity index (χ1) is 21.2. The number of amidine groups is 1. The van der Waals surface area contributed by atoms with Crippen molar-refractivity contribution < 1.29 is 9.57 Å². The summed E-state index contributed by atoms with van der Waals surface area (Å²) in [6, 6.07) is 0. The molecule has 0 aliphatic carbocycles. The SMILES string of the molecule is C=C/C=C(C(/C)=C/C=C(\C=C)Cc1c(CCCC)nc(C(C)C)n(-c2ncc(OC)cn2)c1=O)\C(=C/CC)C1=NC(=C)ON1. The first-order valence-electron chi connectivity index (χ1n) is 14.9. The number of rotatable bonds is 15. The molecule has 0 unspecified atom stereocenters. The largest absolute Gasteiger partial charge is 0.494 e. The number of methoxy groups -OCH3 is 1. The van der Waals surface area contributed by atoms with Gasteiger partial charge in [0.2, 0.25) is 11.8 Å². The normalized spacial score (nSPS) is 14.3. The third-order valence-corrected chi connectivity index (χ3v) is 6.98. The minimum absolute atomic E-state index is 0.0233. The Morgan fingerprint density at radius 3 is 2.43 bits per heavy atom. The van der Waals surface area contributed by atoms with Gasteiger partial charge in [0, 0.05) is 23.5 Å². The summed E-state index contributed by atoms with van der Waals surface area (Å²) in [6.07, 6.45) is 18.4. The van der Waals surface area contributed by atoms with Crippen LogP contribution < -0.4 is 15.8 Å². The zero-order valence-electron chi connectivity index (χ0n) is 26.8. The van der Waals surface area contributed by atoms with Gasteiger partial charge in [0.05, 0.1) is 25.2 Å². The Morgan fingerprint density at radius 1 is 1.16 bits per heavy atom. The van der Waals surface area contributed by atoms with Crippen LogP contribution in [0.5, 0.6) is 5.75 Å². The van der Waals surface area contributed by atoms with Crippen LogP contribution in [-0.4, -0.2) is 32.5 Å². The van der Waals surface area contributed by atoms with E-state index in [9.17, 15) is 4.79 Å². The highest BCUT2D eigenvalue weighted by molar-refractivity contribution is 6.04. The Hall–Kier alpha value is -4.79. The highest BCUT2D eigenvalue weighted by Gasteiger charge is 2.22. The lowest BCUT2D eigenvalue weighted by Gasteiger charge is -2.18. The predicted octanol–water partition coefficient (Wildman–Crippen LogP) is 6.95. The number of nitrogens with zero attached hydrogens (tertiary/aromatic N) is 5. The van der Waals surface area contributed by atoms with E-state index in [0.29, 0.717) is 41.7 Å². The van der Waals surface area contributed by atoms with Gasteiger partial charge in [-0.1, -0.05) is 83.7 Å². The summed E-state index contributed by atoms with van der Waals surface area (Å²) in [6.45, 7) is 22.0. The van der Waals surface area contributed by atoms with Crippen LogP contribution in [0.3, 0.4) is 0 Å². The minimum Gasteiger partial charge on any atom is -0.494 e. The quantitative estimate of drug-likeness (QED) is 0.222. The first kappa shape index (κ1) is 33.7. The minimum atomic E-state index is -0.181. The van der Waals surface area contributed by atoms with Gasteiger partial charge < -0.3 is 9.57 Å². The topological polar surface area (TPSA) is 104 Å². The van der Waals surface area contributed by atoms with Crippen LogP contribution in [0.15, 0.2) is 107 Å². The molecule has 2 aromatic heterocycles. The number of aromatic nitrogens is 4. The number of aryl methyl sites for hydroxylation is 1. The molecule has 0 saturated carbocycles. The molecule has 1 N–H and O–H groups in total. The van der Waals surface area contributed by atoms with Crippen molar-refractivity contribution in [2.45, 2.75) is 72.6 Å².